The summed E-state index contributed by atoms with van der Waals surface area (Å²) in [5.41, 5.74) is 4.59. The number of para-hydroxylation sites is 1. The van der Waals surface area contributed by atoms with E-state index in [2.05, 4.69) is 58.9 Å². The second kappa shape index (κ2) is 11.2. The van der Waals surface area contributed by atoms with Crippen LogP contribution >= 0.6 is 24.0 Å². The van der Waals surface area contributed by atoms with E-state index >= 15 is 0 Å². The number of nitrogens with zero attached hydrogens (tertiary/aromatic N) is 3. The standard InChI is InChI=1S/C20H32N6.HI/c1-14(2)19(24-17-10-8-7-9-11-17)13-23-20(21-5)22-12-18-15(3)25-26(6)16(18)4;/h7-11,14,19,24H,12-13H2,1-6H3,(H2,21,22,23);1H. The van der Waals surface area contributed by atoms with Gasteiger partial charge in [-0.3, -0.25) is 9.67 Å². The fourth-order valence-corrected chi connectivity index (χ4v) is 2.87. The van der Waals surface area contributed by atoms with Crippen LogP contribution in [0.25, 0.3) is 0 Å². The summed E-state index contributed by atoms with van der Waals surface area (Å²) in [7, 11) is 3.77. The van der Waals surface area contributed by atoms with E-state index in [0.29, 0.717) is 18.5 Å². The van der Waals surface area contributed by atoms with Gasteiger partial charge in [0.25, 0.3) is 0 Å². The molecular formula is C20H33IN6. The third-order valence-electron chi connectivity index (χ3n) is 4.74. The van der Waals surface area contributed by atoms with E-state index in [4.69, 9.17) is 0 Å². The quantitative estimate of drug-likeness (QED) is 0.320. The van der Waals surface area contributed by atoms with Gasteiger partial charge in [-0.15, -0.1) is 24.0 Å². The molecule has 0 radical (unpaired) electrons. The highest BCUT2D eigenvalue weighted by molar-refractivity contribution is 14.0. The average Bonchev–Trinajstić information content (AvgIpc) is 2.87. The van der Waals surface area contributed by atoms with Gasteiger partial charge in [-0.2, -0.15) is 5.10 Å². The molecular weight excluding hydrogens is 451 g/mol. The molecule has 0 saturated carbocycles. The van der Waals surface area contributed by atoms with Crippen molar-refractivity contribution in [1.29, 1.82) is 0 Å². The van der Waals surface area contributed by atoms with Crippen LogP contribution in [0.2, 0.25) is 0 Å². The molecule has 0 bridgehead atoms. The van der Waals surface area contributed by atoms with Crippen molar-refractivity contribution in [1.82, 2.24) is 20.4 Å². The van der Waals surface area contributed by atoms with Crippen LogP contribution in [-0.2, 0) is 13.6 Å². The Labute approximate surface area is 180 Å². The number of hydrogen-bond acceptors (Lipinski definition) is 3. The number of aliphatic imine (C=N–C) groups is 1. The predicted octanol–water partition coefficient (Wildman–Crippen LogP) is 3.46. The molecule has 1 aromatic carbocycles. The molecule has 2 aromatic rings. The first kappa shape index (κ1) is 23.3. The van der Waals surface area contributed by atoms with Gasteiger partial charge in [0.15, 0.2) is 5.96 Å². The van der Waals surface area contributed by atoms with Gasteiger partial charge in [0.2, 0.25) is 0 Å². The van der Waals surface area contributed by atoms with Gasteiger partial charge in [-0.05, 0) is 31.9 Å². The van der Waals surface area contributed by atoms with E-state index in [-0.39, 0.29) is 24.0 Å². The molecule has 0 aliphatic carbocycles. The molecule has 0 fully saturated rings. The summed E-state index contributed by atoms with van der Waals surface area (Å²) in [4.78, 5) is 4.35. The highest BCUT2D eigenvalue weighted by Crippen LogP contribution is 2.12. The third-order valence-corrected chi connectivity index (χ3v) is 4.74. The first-order valence-corrected chi connectivity index (χ1v) is 9.17. The third kappa shape index (κ3) is 6.71. The van der Waals surface area contributed by atoms with Crippen LogP contribution in [0, 0.1) is 19.8 Å². The lowest BCUT2D eigenvalue weighted by atomic mass is 10.0. The molecule has 0 amide bonds. The van der Waals surface area contributed by atoms with E-state index in [1.807, 2.05) is 36.9 Å². The van der Waals surface area contributed by atoms with E-state index in [9.17, 15) is 0 Å². The van der Waals surface area contributed by atoms with Crippen molar-refractivity contribution in [2.45, 2.75) is 40.3 Å². The zero-order valence-electron chi connectivity index (χ0n) is 17.2. The molecule has 27 heavy (non-hydrogen) atoms. The van der Waals surface area contributed by atoms with Gasteiger partial charge in [0, 0.05) is 50.2 Å². The number of aryl methyl sites for hydroxylation is 2. The Morgan fingerprint density at radius 1 is 1.15 bits per heavy atom. The molecule has 3 N–H and O–H groups in total. The van der Waals surface area contributed by atoms with Crippen molar-refractivity contribution < 1.29 is 0 Å². The summed E-state index contributed by atoms with van der Waals surface area (Å²) in [6, 6.07) is 10.6. The Balaban J connectivity index is 0.00000364. The maximum atomic E-state index is 4.47. The van der Waals surface area contributed by atoms with E-state index in [1.165, 1.54) is 11.3 Å². The van der Waals surface area contributed by atoms with Crippen LogP contribution < -0.4 is 16.0 Å². The fraction of sp³-hybridized carbons (Fsp3) is 0.500. The van der Waals surface area contributed by atoms with Crippen LogP contribution in [0.3, 0.4) is 0 Å². The van der Waals surface area contributed by atoms with Gasteiger partial charge in [-0.1, -0.05) is 32.0 Å². The fourth-order valence-electron chi connectivity index (χ4n) is 2.87. The number of rotatable bonds is 7. The second-order valence-electron chi connectivity index (χ2n) is 6.94. The number of benzene rings is 1. The maximum Gasteiger partial charge on any atom is 0.191 e. The Hall–Kier alpha value is -1.77. The average molecular weight is 484 g/mol. The Morgan fingerprint density at radius 3 is 2.33 bits per heavy atom. The molecule has 0 spiro atoms. The van der Waals surface area contributed by atoms with Gasteiger partial charge in [-0.25, -0.2) is 0 Å². The smallest absolute Gasteiger partial charge is 0.191 e. The molecule has 0 aliphatic rings. The van der Waals surface area contributed by atoms with Crippen molar-refractivity contribution in [2.75, 3.05) is 18.9 Å². The maximum absolute atomic E-state index is 4.47. The Morgan fingerprint density at radius 2 is 1.81 bits per heavy atom. The molecule has 1 heterocycles. The largest absolute Gasteiger partial charge is 0.380 e. The lowest BCUT2D eigenvalue weighted by Crippen LogP contribution is -2.44. The molecule has 7 heteroatoms. The minimum Gasteiger partial charge on any atom is -0.380 e. The summed E-state index contributed by atoms with van der Waals surface area (Å²) in [6.07, 6.45) is 0. The van der Waals surface area contributed by atoms with Crippen LogP contribution in [0.15, 0.2) is 35.3 Å². The van der Waals surface area contributed by atoms with E-state index in [0.717, 1.165) is 23.9 Å². The van der Waals surface area contributed by atoms with Gasteiger partial charge in [0.05, 0.1) is 5.69 Å². The SMILES string of the molecule is CN=C(NCc1c(C)nn(C)c1C)NCC(Nc1ccccc1)C(C)C.I. The van der Waals surface area contributed by atoms with Gasteiger partial charge < -0.3 is 16.0 Å². The molecule has 6 nitrogen and oxygen atoms in total. The van der Waals surface area contributed by atoms with Gasteiger partial charge >= 0.3 is 0 Å². The van der Waals surface area contributed by atoms with Crippen LogP contribution in [-0.4, -0.2) is 35.4 Å². The summed E-state index contributed by atoms with van der Waals surface area (Å²) >= 11 is 0. The van der Waals surface area contributed by atoms with E-state index in [1.54, 1.807) is 7.05 Å². The molecule has 0 saturated heterocycles. The van der Waals surface area contributed by atoms with Gasteiger partial charge in [0.1, 0.15) is 0 Å². The number of anilines is 1. The van der Waals surface area contributed by atoms with Crippen molar-refractivity contribution in [3.63, 3.8) is 0 Å². The first-order valence-electron chi connectivity index (χ1n) is 9.17. The molecule has 1 unspecified atom stereocenters. The highest BCUT2D eigenvalue weighted by Gasteiger charge is 2.14. The number of hydrogen-bond donors (Lipinski definition) is 3. The zero-order chi connectivity index (χ0) is 19.1. The summed E-state index contributed by atoms with van der Waals surface area (Å²) < 4.78 is 1.92. The zero-order valence-corrected chi connectivity index (χ0v) is 19.5. The van der Waals surface area contributed by atoms with Crippen LogP contribution in [0.5, 0.6) is 0 Å². The minimum atomic E-state index is 0. The predicted molar refractivity (Wildman–Crippen MR) is 125 cm³/mol. The minimum absolute atomic E-state index is 0. The van der Waals surface area contributed by atoms with Crippen molar-refractivity contribution in [3.8, 4) is 0 Å². The number of aromatic nitrogens is 2. The first-order chi connectivity index (χ1) is 12.4. The van der Waals surface area contributed by atoms with Crippen LogP contribution in [0.4, 0.5) is 5.69 Å². The molecule has 2 rings (SSSR count). The second-order valence-corrected chi connectivity index (χ2v) is 6.94. The van der Waals surface area contributed by atoms with Crippen molar-refractivity contribution in [3.05, 3.63) is 47.3 Å². The Kier molecular flexibility index (Phi) is 9.62. The van der Waals surface area contributed by atoms with Crippen molar-refractivity contribution in [2.24, 2.45) is 18.0 Å². The monoisotopic (exact) mass is 484 g/mol. The normalized spacial score (nSPS) is 12.5. The number of guanidine groups is 1. The van der Waals surface area contributed by atoms with Crippen molar-refractivity contribution >= 4 is 35.6 Å². The summed E-state index contributed by atoms with van der Waals surface area (Å²) in [5.74, 6) is 1.29. The summed E-state index contributed by atoms with van der Waals surface area (Å²) in [5, 5.41) is 14.9. The lowest BCUT2D eigenvalue weighted by molar-refractivity contribution is 0.512. The van der Waals surface area contributed by atoms with E-state index < -0.39 is 0 Å². The topological polar surface area (TPSA) is 66.3 Å². The Bertz CT molecular complexity index is 724. The lowest BCUT2D eigenvalue weighted by Gasteiger charge is -2.25. The molecule has 1 atom stereocenters. The number of halogens is 1. The molecule has 1 aromatic heterocycles. The highest BCUT2D eigenvalue weighted by atomic mass is 127. The number of nitrogens with one attached hydrogen (secondary N) is 3. The molecule has 150 valence electrons. The molecule has 0 aliphatic heterocycles. The summed E-state index contributed by atoms with van der Waals surface area (Å²) in [6.45, 7) is 10.1. The van der Waals surface area contributed by atoms with Crippen LogP contribution in [0.1, 0.15) is 30.8 Å².